The maximum Gasteiger partial charge on any atom is 0 e. The van der Waals surface area contributed by atoms with Crippen LogP contribution >= 0.6 is 15.9 Å². The molecule has 0 heterocycles. The number of rotatable bonds is 1. The van der Waals surface area contributed by atoms with Crippen molar-refractivity contribution in [1.29, 1.82) is 0 Å². The summed E-state index contributed by atoms with van der Waals surface area (Å²) in [5, 5.41) is 0. The summed E-state index contributed by atoms with van der Waals surface area (Å²) in [6.07, 6.45) is 1.52. The first kappa shape index (κ1) is 10.5. The Labute approximate surface area is 94.7 Å². The summed E-state index contributed by atoms with van der Waals surface area (Å²) >= 11 is 3.31. The van der Waals surface area contributed by atoms with Crippen LogP contribution in [0, 0.1) is 12.6 Å². The molecule has 0 spiro atoms. The Balaban J connectivity index is 0.000000810. The molecule has 0 saturated heterocycles. The fraction of sp³-hybridized carbons (Fsp3) is 0. The normalized spacial score (nSPS) is 8.10. The minimum Gasteiger partial charge on any atom is -0.344 e. The predicted molar refractivity (Wildman–Crippen MR) is 41.7 cm³/mol. The van der Waals surface area contributed by atoms with Gasteiger partial charge >= 0.3 is 0 Å². The van der Waals surface area contributed by atoms with Crippen LogP contribution in [-0.2, 0) is 32.7 Å². The van der Waals surface area contributed by atoms with E-state index < -0.39 is 0 Å². The molecule has 0 aliphatic heterocycles. The summed E-state index contributed by atoms with van der Waals surface area (Å²) in [5.74, 6) is 0. The fourth-order valence-electron chi connectivity index (χ4n) is 0.552. The molecule has 1 aromatic carbocycles. The monoisotopic (exact) mass is 269 g/mol. The topological polar surface area (TPSA) is 0 Å². The van der Waals surface area contributed by atoms with Gasteiger partial charge in [-0.15, -0.1) is 6.07 Å². The Morgan fingerprint density at radius 3 is 2.70 bits per heavy atom. The van der Waals surface area contributed by atoms with Gasteiger partial charge in [-0.25, -0.2) is 12.1 Å². The summed E-state index contributed by atoms with van der Waals surface area (Å²) in [6, 6.07) is 8.58. The van der Waals surface area contributed by atoms with Crippen LogP contribution in [0.1, 0.15) is 5.56 Å². The van der Waals surface area contributed by atoms with E-state index in [1.165, 1.54) is 6.08 Å². The second-order valence-electron chi connectivity index (χ2n) is 1.63. The van der Waals surface area contributed by atoms with Crippen molar-refractivity contribution in [3.63, 3.8) is 0 Å². The smallest absolute Gasteiger partial charge is 0 e. The van der Waals surface area contributed by atoms with Crippen LogP contribution in [-0.4, -0.2) is 0 Å². The van der Waals surface area contributed by atoms with E-state index in [4.69, 9.17) is 6.58 Å². The van der Waals surface area contributed by atoms with E-state index in [-0.39, 0.29) is 32.7 Å². The van der Waals surface area contributed by atoms with Gasteiger partial charge in [-0.2, -0.15) is 6.07 Å². The standard InChI is InChI=1S/C8H5Br.Y/c1-2-7-4-3-5-8(9)6-7;/h1-3,5-6H;/q-2;. The molecule has 0 aliphatic carbocycles. The third-order valence-electron chi connectivity index (χ3n) is 0.966. The van der Waals surface area contributed by atoms with Gasteiger partial charge in [0, 0.05) is 32.7 Å². The van der Waals surface area contributed by atoms with E-state index in [2.05, 4.69) is 22.0 Å². The molecule has 0 N–H and O–H groups in total. The summed E-state index contributed by atoms with van der Waals surface area (Å²) in [7, 11) is 0. The van der Waals surface area contributed by atoms with Gasteiger partial charge in [0.15, 0.2) is 0 Å². The zero-order valence-electron chi connectivity index (χ0n) is 5.34. The third-order valence-corrected chi connectivity index (χ3v) is 1.46. The zero-order valence-corrected chi connectivity index (χ0v) is 9.77. The summed E-state index contributed by atoms with van der Waals surface area (Å²) in [5.41, 5.74) is 0.907. The van der Waals surface area contributed by atoms with Gasteiger partial charge in [-0.3, -0.25) is 0 Å². The first-order chi connectivity index (χ1) is 4.33. The van der Waals surface area contributed by atoms with Crippen molar-refractivity contribution < 1.29 is 32.7 Å². The van der Waals surface area contributed by atoms with Crippen LogP contribution in [0.2, 0.25) is 0 Å². The fourth-order valence-corrected chi connectivity index (χ4v) is 0.931. The average Bonchev–Trinajstić information content (AvgIpc) is 1.88. The van der Waals surface area contributed by atoms with Gasteiger partial charge in [0.25, 0.3) is 0 Å². The Morgan fingerprint density at radius 2 is 2.30 bits per heavy atom. The first-order valence-electron chi connectivity index (χ1n) is 2.55. The maximum atomic E-state index is 5.24. The molecule has 1 aromatic rings. The molecule has 0 unspecified atom stereocenters. The van der Waals surface area contributed by atoms with Crippen LogP contribution in [0.3, 0.4) is 0 Å². The molecule has 0 aromatic heterocycles. The Morgan fingerprint density at radius 1 is 1.60 bits per heavy atom. The second kappa shape index (κ2) is 5.23. The zero-order chi connectivity index (χ0) is 6.69. The quantitative estimate of drug-likeness (QED) is 0.688. The van der Waals surface area contributed by atoms with Gasteiger partial charge in [-0.05, 0) is 0 Å². The summed E-state index contributed by atoms with van der Waals surface area (Å²) in [6.45, 7) is 5.24. The average molecular weight is 270 g/mol. The minimum absolute atomic E-state index is 0. The van der Waals surface area contributed by atoms with E-state index in [9.17, 15) is 0 Å². The van der Waals surface area contributed by atoms with E-state index in [0.717, 1.165) is 10.0 Å². The van der Waals surface area contributed by atoms with E-state index in [1.807, 2.05) is 18.2 Å². The van der Waals surface area contributed by atoms with Gasteiger partial charge in [0.1, 0.15) is 0 Å². The van der Waals surface area contributed by atoms with Gasteiger partial charge in [0.2, 0.25) is 0 Å². The van der Waals surface area contributed by atoms with Crippen molar-refractivity contribution in [3.05, 3.63) is 40.9 Å². The Kier molecular flexibility index (Phi) is 5.51. The minimum atomic E-state index is 0. The molecule has 0 nitrogen and oxygen atoms in total. The van der Waals surface area contributed by atoms with E-state index >= 15 is 0 Å². The van der Waals surface area contributed by atoms with Crippen molar-refractivity contribution >= 4 is 22.0 Å². The van der Waals surface area contributed by atoms with Crippen LogP contribution in [0.15, 0.2) is 22.7 Å². The van der Waals surface area contributed by atoms with Gasteiger partial charge in [0.05, 0.1) is 0 Å². The molecule has 2 heteroatoms. The largest absolute Gasteiger partial charge is 0.344 e. The predicted octanol–water partition coefficient (Wildman–Crippen LogP) is 2.69. The maximum absolute atomic E-state index is 5.24. The Hall–Kier alpha value is 0.544. The molecule has 1 radical (unpaired) electrons. The number of hydrogen-bond acceptors (Lipinski definition) is 0. The van der Waals surface area contributed by atoms with Gasteiger partial charge < -0.3 is 18.2 Å². The molecule has 0 bridgehead atoms. The molecule has 0 fully saturated rings. The molecule has 0 aliphatic rings. The molecule has 1 rings (SSSR count). The van der Waals surface area contributed by atoms with Crippen LogP contribution < -0.4 is 0 Å². The Bertz CT molecular complexity index is 220. The van der Waals surface area contributed by atoms with E-state index in [0.29, 0.717) is 0 Å². The van der Waals surface area contributed by atoms with Gasteiger partial charge in [-0.1, -0.05) is 20.4 Å². The van der Waals surface area contributed by atoms with Crippen LogP contribution in [0.4, 0.5) is 0 Å². The molecule has 0 saturated carbocycles. The van der Waals surface area contributed by atoms with E-state index in [1.54, 1.807) is 0 Å². The molecular weight excluding hydrogens is 265 g/mol. The number of benzene rings is 1. The molecular formula is C8H5BrY-2. The van der Waals surface area contributed by atoms with Crippen molar-refractivity contribution in [1.82, 2.24) is 0 Å². The van der Waals surface area contributed by atoms with Crippen molar-refractivity contribution in [3.8, 4) is 0 Å². The molecule has 0 amide bonds. The summed E-state index contributed by atoms with van der Waals surface area (Å²) in [4.78, 5) is 0. The molecule has 49 valence electrons. The number of halogens is 1. The number of hydrogen-bond donors (Lipinski definition) is 0. The van der Waals surface area contributed by atoms with Crippen LogP contribution in [0.25, 0.3) is 6.08 Å². The third kappa shape index (κ3) is 3.09. The van der Waals surface area contributed by atoms with Crippen molar-refractivity contribution in [2.45, 2.75) is 0 Å². The SMILES string of the molecule is [CH-]=Cc1[c-]ccc(Br)c1.[Y]. The second-order valence-corrected chi connectivity index (χ2v) is 2.54. The van der Waals surface area contributed by atoms with Crippen molar-refractivity contribution in [2.75, 3.05) is 0 Å². The molecule has 10 heavy (non-hydrogen) atoms. The molecule has 0 atom stereocenters. The van der Waals surface area contributed by atoms with Crippen LogP contribution in [0.5, 0.6) is 0 Å². The summed E-state index contributed by atoms with van der Waals surface area (Å²) < 4.78 is 1.03. The first-order valence-corrected chi connectivity index (χ1v) is 3.34. The van der Waals surface area contributed by atoms with Crippen molar-refractivity contribution in [2.24, 2.45) is 0 Å².